The van der Waals surface area contributed by atoms with Crippen LogP contribution in [0.4, 0.5) is 5.69 Å². The number of nitrogens with zero attached hydrogens (tertiary/aromatic N) is 1. The standard InChI is InChI=1S/C11H10N4/c1-6-14-10-7-4-5-13-9(7)3-2-8(10)11(12)15-6/h2-5,13-14H,1H2,(H2,12,15). The number of fused-ring (bicyclic) bond motifs is 3. The van der Waals surface area contributed by atoms with Gasteiger partial charge in [-0.15, -0.1) is 0 Å². The largest absolute Gasteiger partial charge is 0.383 e. The van der Waals surface area contributed by atoms with Crippen molar-refractivity contribution >= 4 is 22.4 Å². The highest BCUT2D eigenvalue weighted by molar-refractivity contribution is 6.11. The maximum Gasteiger partial charge on any atom is 0.135 e. The fourth-order valence-electron chi connectivity index (χ4n) is 1.86. The van der Waals surface area contributed by atoms with E-state index in [1.165, 1.54) is 0 Å². The van der Waals surface area contributed by atoms with Crippen LogP contribution in [0.3, 0.4) is 0 Å². The van der Waals surface area contributed by atoms with Crippen molar-refractivity contribution in [1.82, 2.24) is 4.98 Å². The van der Waals surface area contributed by atoms with E-state index in [4.69, 9.17) is 5.73 Å². The molecule has 4 N–H and O–H groups in total. The first kappa shape index (κ1) is 8.11. The molecule has 4 heteroatoms. The predicted octanol–water partition coefficient (Wildman–Crippen LogP) is 1.77. The van der Waals surface area contributed by atoms with Gasteiger partial charge in [0.05, 0.1) is 5.69 Å². The van der Waals surface area contributed by atoms with Crippen LogP contribution in [0, 0.1) is 0 Å². The molecule has 2 aromatic rings. The average Bonchev–Trinajstić information content (AvgIpc) is 2.65. The Hall–Kier alpha value is -2.23. The average molecular weight is 198 g/mol. The molecule has 1 aliphatic rings. The lowest BCUT2D eigenvalue weighted by atomic mass is 10.1. The van der Waals surface area contributed by atoms with Gasteiger partial charge in [-0.3, -0.25) is 0 Å². The molecule has 74 valence electrons. The van der Waals surface area contributed by atoms with E-state index in [0.717, 1.165) is 22.2 Å². The van der Waals surface area contributed by atoms with Gasteiger partial charge in [0.1, 0.15) is 11.7 Å². The smallest absolute Gasteiger partial charge is 0.135 e. The maximum atomic E-state index is 5.84. The number of aromatic amines is 1. The van der Waals surface area contributed by atoms with Crippen LogP contribution >= 0.6 is 0 Å². The molecule has 0 unspecified atom stereocenters. The second kappa shape index (κ2) is 2.63. The highest BCUT2D eigenvalue weighted by atomic mass is 15.1. The van der Waals surface area contributed by atoms with Crippen LogP contribution in [0.25, 0.3) is 10.9 Å². The number of benzene rings is 1. The van der Waals surface area contributed by atoms with Crippen molar-refractivity contribution < 1.29 is 0 Å². The molecule has 3 rings (SSSR count). The van der Waals surface area contributed by atoms with Crippen molar-refractivity contribution in [2.24, 2.45) is 10.7 Å². The first-order chi connectivity index (χ1) is 7.25. The first-order valence-electron chi connectivity index (χ1n) is 4.66. The van der Waals surface area contributed by atoms with Crippen LogP contribution in [0.1, 0.15) is 5.56 Å². The zero-order valence-corrected chi connectivity index (χ0v) is 8.04. The van der Waals surface area contributed by atoms with E-state index in [2.05, 4.69) is 21.9 Å². The number of anilines is 1. The molecule has 0 aliphatic carbocycles. The van der Waals surface area contributed by atoms with E-state index in [-0.39, 0.29) is 0 Å². The molecule has 0 spiro atoms. The minimum absolute atomic E-state index is 0.511. The molecule has 0 bridgehead atoms. The second-order valence-corrected chi connectivity index (χ2v) is 3.50. The lowest BCUT2D eigenvalue weighted by molar-refractivity contribution is 1.27. The Kier molecular flexibility index (Phi) is 1.42. The molecule has 2 heterocycles. The maximum absolute atomic E-state index is 5.84. The van der Waals surface area contributed by atoms with Crippen LogP contribution in [0.2, 0.25) is 0 Å². The molecule has 0 atom stereocenters. The third-order valence-electron chi connectivity index (χ3n) is 2.54. The summed E-state index contributed by atoms with van der Waals surface area (Å²) in [4.78, 5) is 7.24. The lowest BCUT2D eigenvalue weighted by Gasteiger charge is -2.17. The molecule has 1 aromatic carbocycles. The molecular weight excluding hydrogens is 188 g/mol. The number of amidine groups is 1. The monoisotopic (exact) mass is 198 g/mol. The number of hydrogen-bond donors (Lipinski definition) is 3. The quantitative estimate of drug-likeness (QED) is 0.604. The minimum Gasteiger partial charge on any atom is -0.383 e. The Morgan fingerprint density at radius 3 is 3.00 bits per heavy atom. The minimum atomic E-state index is 0.511. The van der Waals surface area contributed by atoms with Crippen molar-refractivity contribution in [3.05, 3.63) is 42.4 Å². The van der Waals surface area contributed by atoms with E-state index in [9.17, 15) is 0 Å². The van der Waals surface area contributed by atoms with Crippen molar-refractivity contribution in [2.75, 3.05) is 5.32 Å². The molecule has 1 aromatic heterocycles. The van der Waals surface area contributed by atoms with Gasteiger partial charge in [0.15, 0.2) is 0 Å². The number of H-pyrrole nitrogens is 1. The van der Waals surface area contributed by atoms with Crippen LogP contribution < -0.4 is 11.1 Å². The third kappa shape index (κ3) is 1.05. The number of aliphatic imine (C=N–C) groups is 1. The summed E-state index contributed by atoms with van der Waals surface area (Å²) in [5.41, 5.74) is 8.81. The highest BCUT2D eigenvalue weighted by Crippen LogP contribution is 2.30. The first-order valence-corrected chi connectivity index (χ1v) is 4.66. The fourth-order valence-corrected chi connectivity index (χ4v) is 1.86. The van der Waals surface area contributed by atoms with E-state index in [1.807, 2.05) is 24.4 Å². The highest BCUT2D eigenvalue weighted by Gasteiger charge is 2.15. The number of rotatable bonds is 0. The van der Waals surface area contributed by atoms with Gasteiger partial charge in [0.25, 0.3) is 0 Å². The normalized spacial score (nSPS) is 14.7. The topological polar surface area (TPSA) is 66.2 Å². The lowest BCUT2D eigenvalue weighted by Crippen LogP contribution is -2.21. The van der Waals surface area contributed by atoms with Gasteiger partial charge < -0.3 is 16.0 Å². The Labute approximate surface area is 86.5 Å². The van der Waals surface area contributed by atoms with Crippen molar-refractivity contribution in [2.45, 2.75) is 0 Å². The van der Waals surface area contributed by atoms with Crippen LogP contribution in [0.5, 0.6) is 0 Å². The molecule has 0 amide bonds. The van der Waals surface area contributed by atoms with Gasteiger partial charge in [-0.2, -0.15) is 0 Å². The van der Waals surface area contributed by atoms with Crippen molar-refractivity contribution in [1.29, 1.82) is 0 Å². The van der Waals surface area contributed by atoms with Gasteiger partial charge >= 0.3 is 0 Å². The molecule has 0 radical (unpaired) electrons. The van der Waals surface area contributed by atoms with Crippen LogP contribution in [-0.4, -0.2) is 10.8 Å². The second-order valence-electron chi connectivity index (χ2n) is 3.50. The number of aromatic nitrogens is 1. The number of nitrogens with one attached hydrogen (secondary N) is 2. The summed E-state index contributed by atoms with van der Waals surface area (Å²) in [7, 11) is 0. The summed E-state index contributed by atoms with van der Waals surface area (Å²) in [6.45, 7) is 3.77. The summed E-state index contributed by atoms with van der Waals surface area (Å²) in [5, 5.41) is 4.24. The van der Waals surface area contributed by atoms with Gasteiger partial charge in [0.2, 0.25) is 0 Å². The summed E-state index contributed by atoms with van der Waals surface area (Å²) >= 11 is 0. The Morgan fingerprint density at radius 1 is 1.27 bits per heavy atom. The van der Waals surface area contributed by atoms with Crippen LogP contribution in [-0.2, 0) is 0 Å². The molecular formula is C11H10N4. The molecule has 0 saturated heterocycles. The van der Waals surface area contributed by atoms with Gasteiger partial charge in [-0.05, 0) is 18.2 Å². The van der Waals surface area contributed by atoms with Crippen molar-refractivity contribution in [3.63, 3.8) is 0 Å². The summed E-state index contributed by atoms with van der Waals surface area (Å²) in [6, 6.07) is 5.95. The molecule has 15 heavy (non-hydrogen) atoms. The summed E-state index contributed by atoms with van der Waals surface area (Å²) in [5.74, 6) is 1.09. The van der Waals surface area contributed by atoms with E-state index in [0.29, 0.717) is 11.7 Å². The van der Waals surface area contributed by atoms with Gasteiger partial charge in [-0.25, -0.2) is 4.99 Å². The Balaban J connectivity index is 2.40. The zero-order valence-electron chi connectivity index (χ0n) is 8.04. The molecule has 1 aliphatic heterocycles. The summed E-state index contributed by atoms with van der Waals surface area (Å²) < 4.78 is 0. The zero-order chi connectivity index (χ0) is 10.4. The molecule has 4 nitrogen and oxygen atoms in total. The Morgan fingerprint density at radius 2 is 2.13 bits per heavy atom. The summed E-state index contributed by atoms with van der Waals surface area (Å²) in [6.07, 6.45) is 1.90. The van der Waals surface area contributed by atoms with Crippen LogP contribution in [0.15, 0.2) is 41.8 Å². The van der Waals surface area contributed by atoms with E-state index < -0.39 is 0 Å². The third-order valence-corrected chi connectivity index (χ3v) is 2.54. The van der Waals surface area contributed by atoms with Gasteiger partial charge in [0, 0.05) is 22.7 Å². The Bertz CT molecular complexity index is 592. The number of nitrogens with two attached hydrogens (primary N) is 1. The fraction of sp³-hybridized carbons (Fsp3) is 0. The molecule has 0 saturated carbocycles. The van der Waals surface area contributed by atoms with Gasteiger partial charge in [-0.1, -0.05) is 6.58 Å². The SMILES string of the molecule is C=C1N=C(N)c2ccc3[nH]ccc3c2N1. The van der Waals surface area contributed by atoms with E-state index in [1.54, 1.807) is 0 Å². The number of hydrogen-bond acceptors (Lipinski definition) is 3. The molecule has 0 fully saturated rings. The predicted molar refractivity (Wildman–Crippen MR) is 61.8 cm³/mol. The van der Waals surface area contributed by atoms with Crippen molar-refractivity contribution in [3.8, 4) is 0 Å². The van der Waals surface area contributed by atoms with E-state index >= 15 is 0 Å².